The number of rotatable bonds is 2. The van der Waals surface area contributed by atoms with Gasteiger partial charge in [-0.3, -0.25) is 4.79 Å². The van der Waals surface area contributed by atoms with Crippen molar-refractivity contribution in [1.82, 2.24) is 4.90 Å². The average Bonchev–Trinajstić information content (AvgIpc) is 1.57. The fourth-order valence-electron chi connectivity index (χ4n) is 0.919. The van der Waals surface area contributed by atoms with Crippen molar-refractivity contribution in [2.75, 3.05) is 13.1 Å². The first-order valence-corrected chi connectivity index (χ1v) is 3.11. The Morgan fingerprint density at radius 2 is 2.10 bits per heavy atom. The van der Waals surface area contributed by atoms with Crippen LogP contribution in [0.1, 0.15) is 6.92 Å². The van der Waals surface area contributed by atoms with Gasteiger partial charge in [0, 0.05) is 13.1 Å². The number of hydrogen-bond donors (Lipinski definition) is 0. The minimum absolute atomic E-state index is 0.201. The number of hydrogen-bond acceptors (Lipinski definition) is 1. The molecule has 0 unspecified atom stereocenters. The van der Waals surface area contributed by atoms with E-state index in [2.05, 4.69) is 0 Å². The summed E-state index contributed by atoms with van der Waals surface area (Å²) < 4.78 is 24.7. The SMILES string of the molecule is CC(F)(F)C1CN(C=O)C1. The molecular weight excluding hydrogens is 140 g/mol. The molecule has 0 aromatic carbocycles. The summed E-state index contributed by atoms with van der Waals surface area (Å²) in [6.07, 6.45) is 0.599. The first-order chi connectivity index (χ1) is 4.54. The highest BCUT2D eigenvalue weighted by Crippen LogP contribution is 2.30. The molecule has 10 heavy (non-hydrogen) atoms. The van der Waals surface area contributed by atoms with Crippen LogP contribution in [0.4, 0.5) is 8.78 Å². The number of carbonyl (C=O) groups is 1. The summed E-state index contributed by atoms with van der Waals surface area (Å²) in [7, 11) is 0. The largest absolute Gasteiger partial charge is 0.344 e. The second-order valence-corrected chi connectivity index (χ2v) is 2.71. The topological polar surface area (TPSA) is 20.3 Å². The molecule has 0 radical (unpaired) electrons. The predicted octanol–water partition coefficient (Wildman–Crippen LogP) is 0.730. The highest BCUT2D eigenvalue weighted by Gasteiger charge is 2.42. The number of amides is 1. The molecule has 0 aromatic rings. The standard InChI is InChI=1S/C6H9F2NO/c1-6(7,8)5-2-9(3-5)4-10/h4-5H,2-3H2,1H3. The first kappa shape index (κ1) is 7.44. The van der Waals surface area contributed by atoms with E-state index >= 15 is 0 Å². The molecule has 1 amide bonds. The van der Waals surface area contributed by atoms with Crippen LogP contribution in [-0.4, -0.2) is 30.3 Å². The molecule has 1 aliphatic heterocycles. The van der Waals surface area contributed by atoms with E-state index in [1.165, 1.54) is 4.90 Å². The number of likely N-dealkylation sites (tertiary alicyclic amines) is 1. The van der Waals surface area contributed by atoms with Gasteiger partial charge in [0.25, 0.3) is 5.92 Å². The Morgan fingerprint density at radius 1 is 1.60 bits per heavy atom. The summed E-state index contributed by atoms with van der Waals surface area (Å²) in [5.41, 5.74) is 0. The highest BCUT2D eigenvalue weighted by atomic mass is 19.3. The van der Waals surface area contributed by atoms with Crippen molar-refractivity contribution in [2.24, 2.45) is 5.92 Å². The van der Waals surface area contributed by atoms with Gasteiger partial charge in [-0.1, -0.05) is 0 Å². The van der Waals surface area contributed by atoms with Crippen LogP contribution in [0.3, 0.4) is 0 Å². The van der Waals surface area contributed by atoms with Crippen molar-refractivity contribution >= 4 is 6.41 Å². The Morgan fingerprint density at radius 3 is 2.40 bits per heavy atom. The second-order valence-electron chi connectivity index (χ2n) is 2.71. The van der Waals surface area contributed by atoms with E-state index in [1.54, 1.807) is 0 Å². The number of carbonyl (C=O) groups excluding carboxylic acids is 1. The van der Waals surface area contributed by atoms with Crippen molar-refractivity contribution in [1.29, 1.82) is 0 Å². The van der Waals surface area contributed by atoms with Crippen LogP contribution in [-0.2, 0) is 4.79 Å². The Bertz CT molecular complexity index is 137. The Hall–Kier alpha value is -0.670. The maximum Gasteiger partial charge on any atom is 0.251 e. The van der Waals surface area contributed by atoms with Crippen LogP contribution < -0.4 is 0 Å². The minimum atomic E-state index is -2.63. The molecule has 4 heteroatoms. The Labute approximate surface area is 57.8 Å². The van der Waals surface area contributed by atoms with Gasteiger partial charge in [-0.2, -0.15) is 0 Å². The molecule has 1 aliphatic rings. The molecule has 0 N–H and O–H groups in total. The number of halogens is 2. The third-order valence-corrected chi connectivity index (χ3v) is 1.78. The smallest absolute Gasteiger partial charge is 0.251 e. The lowest BCUT2D eigenvalue weighted by molar-refractivity contribution is -0.138. The van der Waals surface area contributed by atoms with Gasteiger partial charge in [0.05, 0.1) is 5.92 Å². The quantitative estimate of drug-likeness (QED) is 0.530. The average molecular weight is 149 g/mol. The van der Waals surface area contributed by atoms with Crippen molar-refractivity contribution in [2.45, 2.75) is 12.8 Å². The van der Waals surface area contributed by atoms with Crippen LogP contribution in [0.5, 0.6) is 0 Å². The molecule has 0 atom stereocenters. The maximum absolute atomic E-state index is 12.3. The van der Waals surface area contributed by atoms with Crippen LogP contribution in [0.25, 0.3) is 0 Å². The molecule has 1 heterocycles. The molecule has 1 rings (SSSR count). The van der Waals surface area contributed by atoms with Crippen molar-refractivity contribution in [3.63, 3.8) is 0 Å². The molecule has 0 bridgehead atoms. The van der Waals surface area contributed by atoms with E-state index in [9.17, 15) is 13.6 Å². The summed E-state index contributed by atoms with van der Waals surface area (Å²) in [6, 6.07) is 0. The van der Waals surface area contributed by atoms with Gasteiger partial charge in [-0.15, -0.1) is 0 Å². The monoisotopic (exact) mass is 149 g/mol. The van der Waals surface area contributed by atoms with Gasteiger partial charge in [0.15, 0.2) is 0 Å². The van der Waals surface area contributed by atoms with Gasteiger partial charge in [-0.05, 0) is 6.92 Å². The maximum atomic E-state index is 12.3. The summed E-state index contributed by atoms with van der Waals surface area (Å²) in [5.74, 6) is -3.25. The van der Waals surface area contributed by atoms with Gasteiger partial charge in [-0.25, -0.2) is 8.78 Å². The highest BCUT2D eigenvalue weighted by molar-refractivity contribution is 5.48. The molecule has 1 fully saturated rings. The molecule has 0 spiro atoms. The van der Waals surface area contributed by atoms with Crippen LogP contribution in [0, 0.1) is 5.92 Å². The second kappa shape index (κ2) is 2.18. The van der Waals surface area contributed by atoms with Crippen molar-refractivity contribution < 1.29 is 13.6 Å². The summed E-state index contributed by atoms with van der Waals surface area (Å²) in [4.78, 5) is 11.3. The summed E-state index contributed by atoms with van der Waals surface area (Å²) in [6.45, 7) is 1.29. The van der Waals surface area contributed by atoms with E-state index in [4.69, 9.17) is 0 Å². The van der Waals surface area contributed by atoms with Crippen molar-refractivity contribution in [3.8, 4) is 0 Å². The third-order valence-electron chi connectivity index (χ3n) is 1.78. The summed E-state index contributed by atoms with van der Waals surface area (Å²) >= 11 is 0. The molecule has 2 nitrogen and oxygen atoms in total. The van der Waals surface area contributed by atoms with Gasteiger partial charge in [0.2, 0.25) is 6.41 Å². The first-order valence-electron chi connectivity index (χ1n) is 3.11. The van der Waals surface area contributed by atoms with Gasteiger partial charge >= 0.3 is 0 Å². The Balaban J connectivity index is 2.32. The zero-order valence-electron chi connectivity index (χ0n) is 5.68. The molecule has 58 valence electrons. The zero-order valence-corrected chi connectivity index (χ0v) is 5.68. The van der Waals surface area contributed by atoms with E-state index in [-0.39, 0.29) is 13.1 Å². The predicted molar refractivity (Wildman–Crippen MR) is 31.7 cm³/mol. The summed E-state index contributed by atoms with van der Waals surface area (Å²) in [5, 5.41) is 0. The molecule has 1 saturated heterocycles. The van der Waals surface area contributed by atoms with Gasteiger partial charge < -0.3 is 4.90 Å². The number of nitrogens with zero attached hydrogens (tertiary/aromatic N) is 1. The number of alkyl halides is 2. The Kier molecular flexibility index (Phi) is 1.62. The molecule has 0 aromatic heterocycles. The normalized spacial score (nSPS) is 20.5. The lowest BCUT2D eigenvalue weighted by Gasteiger charge is -2.39. The zero-order chi connectivity index (χ0) is 7.78. The van der Waals surface area contributed by atoms with Crippen LogP contribution in [0.15, 0.2) is 0 Å². The van der Waals surface area contributed by atoms with E-state index in [0.29, 0.717) is 6.41 Å². The fourth-order valence-corrected chi connectivity index (χ4v) is 0.919. The van der Waals surface area contributed by atoms with E-state index in [1.807, 2.05) is 0 Å². The lowest BCUT2D eigenvalue weighted by Crippen LogP contribution is -2.52. The lowest BCUT2D eigenvalue weighted by atomic mass is 9.95. The third kappa shape index (κ3) is 1.25. The van der Waals surface area contributed by atoms with E-state index in [0.717, 1.165) is 6.92 Å². The van der Waals surface area contributed by atoms with Crippen LogP contribution >= 0.6 is 0 Å². The van der Waals surface area contributed by atoms with Crippen LogP contribution in [0.2, 0.25) is 0 Å². The van der Waals surface area contributed by atoms with Crippen molar-refractivity contribution in [3.05, 3.63) is 0 Å². The fraction of sp³-hybridized carbons (Fsp3) is 0.833. The minimum Gasteiger partial charge on any atom is -0.344 e. The van der Waals surface area contributed by atoms with Gasteiger partial charge in [0.1, 0.15) is 0 Å². The molecule has 0 aliphatic carbocycles. The molecular formula is C6H9F2NO. The molecule has 0 saturated carbocycles. The van der Waals surface area contributed by atoms with E-state index < -0.39 is 11.8 Å².